The Hall–Kier alpha value is -3.04. The van der Waals surface area contributed by atoms with Gasteiger partial charge in [-0.05, 0) is 37.3 Å². The van der Waals surface area contributed by atoms with Crippen LogP contribution < -0.4 is 14.5 Å². The third-order valence-corrected chi connectivity index (χ3v) is 5.16. The molecule has 3 heterocycles. The molecule has 1 atom stereocenters. The van der Waals surface area contributed by atoms with Crippen LogP contribution in [-0.4, -0.2) is 54.7 Å². The number of ether oxygens (including phenoxy) is 1. The lowest BCUT2D eigenvalue weighted by atomic mass is 10.1. The summed E-state index contributed by atoms with van der Waals surface area (Å²) in [4.78, 5) is 22.3. The molecule has 2 amide bonds. The molecule has 160 valence electrons. The molecule has 1 unspecified atom stereocenters. The van der Waals surface area contributed by atoms with Crippen LogP contribution in [0.3, 0.4) is 0 Å². The second-order valence-electron chi connectivity index (χ2n) is 7.31. The Kier molecular flexibility index (Phi) is 5.17. The molecule has 1 fully saturated rings. The van der Waals surface area contributed by atoms with Gasteiger partial charge in [0.05, 0.1) is 24.0 Å². The zero-order valence-corrected chi connectivity index (χ0v) is 16.2. The van der Waals surface area contributed by atoms with Gasteiger partial charge < -0.3 is 14.5 Å². The number of nitrogens with zero attached hydrogens (tertiary/aromatic N) is 4. The van der Waals surface area contributed by atoms with Crippen LogP contribution in [0.4, 0.5) is 33.9 Å². The van der Waals surface area contributed by atoms with Gasteiger partial charge in [0.15, 0.2) is 0 Å². The van der Waals surface area contributed by atoms with E-state index in [1.54, 1.807) is 17.9 Å². The Balaban J connectivity index is 1.48. The Morgan fingerprint density at radius 1 is 1.13 bits per heavy atom. The Bertz CT molecular complexity index is 927. The number of aromatic nitrogens is 1. The Morgan fingerprint density at radius 3 is 2.50 bits per heavy atom. The van der Waals surface area contributed by atoms with Crippen LogP contribution in [0.1, 0.15) is 12.5 Å². The largest absolute Gasteiger partial charge is 0.487 e. The molecule has 2 aromatic rings. The number of rotatable bonds is 1. The number of carbonyl (C=O) groups excluding carboxylic acids is 1. The van der Waals surface area contributed by atoms with E-state index in [9.17, 15) is 22.4 Å². The van der Waals surface area contributed by atoms with Gasteiger partial charge in [0.25, 0.3) is 0 Å². The van der Waals surface area contributed by atoms with Gasteiger partial charge in [-0.2, -0.15) is 13.2 Å². The summed E-state index contributed by atoms with van der Waals surface area (Å²) in [6.07, 6.45) is -3.78. The number of piperazine rings is 1. The summed E-state index contributed by atoms with van der Waals surface area (Å²) in [6, 6.07) is 5.81. The van der Waals surface area contributed by atoms with Gasteiger partial charge in [-0.25, -0.2) is 14.2 Å². The molecule has 6 nitrogen and oxygen atoms in total. The van der Waals surface area contributed by atoms with E-state index >= 15 is 0 Å². The van der Waals surface area contributed by atoms with Gasteiger partial charge in [-0.15, -0.1) is 0 Å². The number of amides is 2. The molecule has 0 saturated carbocycles. The average molecular weight is 424 g/mol. The number of halogens is 4. The van der Waals surface area contributed by atoms with Crippen molar-refractivity contribution in [3.8, 4) is 5.75 Å². The van der Waals surface area contributed by atoms with Crippen molar-refractivity contribution in [1.29, 1.82) is 0 Å². The zero-order chi connectivity index (χ0) is 21.5. The summed E-state index contributed by atoms with van der Waals surface area (Å²) in [6.45, 7) is 3.83. The molecule has 10 heteroatoms. The van der Waals surface area contributed by atoms with E-state index < -0.39 is 23.7 Å². The first kappa shape index (κ1) is 20.2. The highest BCUT2D eigenvalue weighted by atomic mass is 19.4. The van der Waals surface area contributed by atoms with Crippen LogP contribution in [0.25, 0.3) is 0 Å². The van der Waals surface area contributed by atoms with E-state index in [2.05, 4.69) is 4.98 Å². The van der Waals surface area contributed by atoms with Crippen molar-refractivity contribution < 1.29 is 27.1 Å². The number of anilines is 2. The number of alkyl halides is 3. The molecule has 0 bridgehead atoms. The van der Waals surface area contributed by atoms with Crippen molar-refractivity contribution in [2.45, 2.75) is 19.2 Å². The fourth-order valence-corrected chi connectivity index (χ4v) is 3.65. The summed E-state index contributed by atoms with van der Waals surface area (Å²) >= 11 is 0. The summed E-state index contributed by atoms with van der Waals surface area (Å²) in [5, 5.41) is 0. The molecule has 1 aromatic carbocycles. The summed E-state index contributed by atoms with van der Waals surface area (Å²) in [5.74, 6) is 0.265. The van der Waals surface area contributed by atoms with Gasteiger partial charge in [0.1, 0.15) is 23.5 Å². The van der Waals surface area contributed by atoms with Crippen molar-refractivity contribution in [1.82, 2.24) is 9.88 Å². The second-order valence-corrected chi connectivity index (χ2v) is 7.31. The van der Waals surface area contributed by atoms with E-state index in [1.165, 1.54) is 17.0 Å². The number of pyridine rings is 1. The summed E-state index contributed by atoms with van der Waals surface area (Å²) in [7, 11) is 0. The van der Waals surface area contributed by atoms with Crippen LogP contribution in [0.2, 0.25) is 0 Å². The van der Waals surface area contributed by atoms with E-state index in [0.29, 0.717) is 37.7 Å². The van der Waals surface area contributed by atoms with Gasteiger partial charge in [-0.1, -0.05) is 0 Å². The standard InChI is InChI=1S/C20H20F4N4O2/c1-13-12-28(16-4-2-14(20(22,23)24)10-17(16)30-13)19(29)27-8-6-26(7-9-27)18-5-3-15(21)11-25-18/h2-5,10-11,13H,6-9,12H2,1H3. The van der Waals surface area contributed by atoms with E-state index in [4.69, 9.17) is 4.74 Å². The minimum absolute atomic E-state index is 0.0473. The monoisotopic (exact) mass is 424 g/mol. The fourth-order valence-electron chi connectivity index (χ4n) is 3.65. The maximum Gasteiger partial charge on any atom is 0.416 e. The molecular weight excluding hydrogens is 404 g/mol. The Morgan fingerprint density at radius 2 is 1.87 bits per heavy atom. The normalized spacial score (nSPS) is 19.4. The maximum atomic E-state index is 13.1. The quantitative estimate of drug-likeness (QED) is 0.654. The third kappa shape index (κ3) is 3.99. The molecule has 1 saturated heterocycles. The number of hydrogen-bond donors (Lipinski definition) is 0. The molecule has 0 radical (unpaired) electrons. The first-order valence-electron chi connectivity index (χ1n) is 9.53. The third-order valence-electron chi connectivity index (χ3n) is 5.16. The lowest BCUT2D eigenvalue weighted by Crippen LogP contribution is -2.55. The number of carbonyl (C=O) groups is 1. The second kappa shape index (κ2) is 7.66. The van der Waals surface area contributed by atoms with E-state index in [-0.39, 0.29) is 18.3 Å². The van der Waals surface area contributed by atoms with Crippen molar-refractivity contribution in [3.05, 3.63) is 47.9 Å². The maximum absolute atomic E-state index is 13.1. The molecule has 2 aliphatic heterocycles. The molecule has 1 aromatic heterocycles. The smallest absolute Gasteiger partial charge is 0.416 e. The predicted molar refractivity (Wildman–Crippen MR) is 102 cm³/mol. The molecule has 4 rings (SSSR count). The highest BCUT2D eigenvalue weighted by molar-refractivity contribution is 5.94. The van der Waals surface area contributed by atoms with Crippen LogP contribution in [0.5, 0.6) is 5.75 Å². The highest BCUT2D eigenvalue weighted by Gasteiger charge is 2.36. The minimum Gasteiger partial charge on any atom is -0.487 e. The SMILES string of the molecule is CC1CN(C(=O)N2CCN(c3ccc(F)cn3)CC2)c2ccc(C(F)(F)F)cc2O1. The van der Waals surface area contributed by atoms with Crippen LogP contribution in [-0.2, 0) is 6.18 Å². The van der Waals surface area contributed by atoms with Crippen molar-refractivity contribution >= 4 is 17.5 Å². The minimum atomic E-state index is -4.49. The molecule has 0 aliphatic carbocycles. The number of urea groups is 1. The number of hydrogen-bond acceptors (Lipinski definition) is 4. The Labute approximate surface area is 170 Å². The van der Waals surface area contributed by atoms with Gasteiger partial charge in [0.2, 0.25) is 0 Å². The van der Waals surface area contributed by atoms with Crippen LogP contribution in [0, 0.1) is 5.82 Å². The average Bonchev–Trinajstić information content (AvgIpc) is 2.72. The van der Waals surface area contributed by atoms with Crippen molar-refractivity contribution in [3.63, 3.8) is 0 Å². The zero-order valence-electron chi connectivity index (χ0n) is 16.2. The van der Waals surface area contributed by atoms with Crippen LogP contribution in [0.15, 0.2) is 36.5 Å². The van der Waals surface area contributed by atoms with E-state index in [0.717, 1.165) is 18.3 Å². The number of fused-ring (bicyclic) bond motifs is 1. The van der Waals surface area contributed by atoms with Crippen molar-refractivity contribution in [2.75, 3.05) is 42.5 Å². The molecular formula is C20H20F4N4O2. The number of benzene rings is 1. The molecule has 0 N–H and O–H groups in total. The topological polar surface area (TPSA) is 48.9 Å². The first-order chi connectivity index (χ1) is 14.2. The van der Waals surface area contributed by atoms with Gasteiger partial charge >= 0.3 is 12.2 Å². The highest BCUT2D eigenvalue weighted by Crippen LogP contribution is 2.39. The lowest BCUT2D eigenvalue weighted by Gasteiger charge is -2.40. The summed E-state index contributed by atoms with van der Waals surface area (Å²) < 4.78 is 57.7. The molecule has 0 spiro atoms. The van der Waals surface area contributed by atoms with Gasteiger partial charge in [-0.3, -0.25) is 4.90 Å². The van der Waals surface area contributed by atoms with Gasteiger partial charge in [0, 0.05) is 26.2 Å². The molecule has 30 heavy (non-hydrogen) atoms. The fraction of sp³-hybridized carbons (Fsp3) is 0.400. The van der Waals surface area contributed by atoms with Crippen LogP contribution >= 0.6 is 0 Å². The predicted octanol–water partition coefficient (Wildman–Crippen LogP) is 3.77. The van der Waals surface area contributed by atoms with E-state index in [1.807, 2.05) is 4.90 Å². The lowest BCUT2D eigenvalue weighted by molar-refractivity contribution is -0.137. The summed E-state index contributed by atoms with van der Waals surface area (Å²) in [5.41, 5.74) is -0.489. The van der Waals surface area contributed by atoms with Crippen molar-refractivity contribution in [2.24, 2.45) is 0 Å². The molecule has 2 aliphatic rings. The first-order valence-corrected chi connectivity index (χ1v) is 9.53.